The monoisotopic (exact) mass is 220 g/mol. The maximum Gasteiger partial charge on any atom is 0.123 e. The van der Waals surface area contributed by atoms with E-state index in [0.717, 1.165) is 11.5 Å². The van der Waals surface area contributed by atoms with Crippen LogP contribution in [0.25, 0.3) is 0 Å². The number of hydrogen-bond acceptors (Lipinski definition) is 2. The van der Waals surface area contributed by atoms with Crippen LogP contribution in [0.5, 0.6) is 11.5 Å². The second-order valence-electron chi connectivity index (χ2n) is 5.46. The third kappa shape index (κ3) is 2.69. The van der Waals surface area contributed by atoms with Crippen LogP contribution < -0.4 is 9.47 Å². The summed E-state index contributed by atoms with van der Waals surface area (Å²) in [7, 11) is 1.70. The normalized spacial score (nSPS) is 16.0. The SMILES string of the molecule is COc1cc(OC2CC2)cc(C(C)(C)C)c1. The molecule has 0 amide bonds. The van der Waals surface area contributed by atoms with Gasteiger partial charge in [0.05, 0.1) is 13.2 Å². The predicted molar refractivity (Wildman–Crippen MR) is 65.3 cm³/mol. The molecule has 1 aromatic carbocycles. The minimum Gasteiger partial charge on any atom is -0.497 e. The first kappa shape index (κ1) is 11.3. The number of rotatable bonds is 3. The lowest BCUT2D eigenvalue weighted by Gasteiger charge is -2.21. The summed E-state index contributed by atoms with van der Waals surface area (Å²) in [6.07, 6.45) is 2.80. The molecule has 0 radical (unpaired) electrons. The molecule has 1 aromatic rings. The molecule has 88 valence electrons. The molecule has 1 fully saturated rings. The summed E-state index contributed by atoms with van der Waals surface area (Å²) >= 11 is 0. The average molecular weight is 220 g/mol. The molecular formula is C14H20O2. The van der Waals surface area contributed by atoms with E-state index in [9.17, 15) is 0 Å². The van der Waals surface area contributed by atoms with Crippen molar-refractivity contribution in [1.29, 1.82) is 0 Å². The summed E-state index contributed by atoms with van der Waals surface area (Å²) in [6.45, 7) is 6.59. The molecule has 2 nitrogen and oxygen atoms in total. The van der Waals surface area contributed by atoms with E-state index in [4.69, 9.17) is 9.47 Å². The summed E-state index contributed by atoms with van der Waals surface area (Å²) in [5.74, 6) is 1.81. The van der Waals surface area contributed by atoms with Gasteiger partial charge < -0.3 is 9.47 Å². The Hall–Kier alpha value is -1.18. The highest BCUT2D eigenvalue weighted by molar-refractivity contribution is 5.41. The van der Waals surface area contributed by atoms with Crippen LogP contribution in [0.1, 0.15) is 39.2 Å². The van der Waals surface area contributed by atoms with Gasteiger partial charge in [-0.3, -0.25) is 0 Å². The summed E-state index contributed by atoms with van der Waals surface area (Å²) in [4.78, 5) is 0. The van der Waals surface area contributed by atoms with Crippen molar-refractivity contribution >= 4 is 0 Å². The number of hydrogen-bond donors (Lipinski definition) is 0. The van der Waals surface area contributed by atoms with Crippen LogP contribution in [0.3, 0.4) is 0 Å². The molecule has 0 atom stereocenters. The molecule has 1 aliphatic carbocycles. The van der Waals surface area contributed by atoms with Gasteiger partial charge in [0.2, 0.25) is 0 Å². The summed E-state index contributed by atoms with van der Waals surface area (Å²) in [5, 5.41) is 0. The van der Waals surface area contributed by atoms with Gasteiger partial charge in [-0.15, -0.1) is 0 Å². The molecular weight excluding hydrogens is 200 g/mol. The molecule has 1 saturated carbocycles. The van der Waals surface area contributed by atoms with E-state index in [0.29, 0.717) is 6.10 Å². The summed E-state index contributed by atoms with van der Waals surface area (Å²) in [6, 6.07) is 6.17. The van der Waals surface area contributed by atoms with Gasteiger partial charge in [0.1, 0.15) is 11.5 Å². The first-order valence-corrected chi connectivity index (χ1v) is 5.85. The molecule has 1 aliphatic rings. The third-order valence-corrected chi connectivity index (χ3v) is 2.81. The molecule has 0 bridgehead atoms. The quantitative estimate of drug-likeness (QED) is 0.775. The minimum atomic E-state index is 0.121. The van der Waals surface area contributed by atoms with Crippen LogP contribution in [0.15, 0.2) is 18.2 Å². The van der Waals surface area contributed by atoms with Crippen molar-refractivity contribution in [2.75, 3.05) is 7.11 Å². The first-order valence-electron chi connectivity index (χ1n) is 5.85. The molecule has 0 saturated heterocycles. The van der Waals surface area contributed by atoms with Crippen molar-refractivity contribution in [2.45, 2.75) is 45.1 Å². The average Bonchev–Trinajstić information content (AvgIpc) is 3.00. The van der Waals surface area contributed by atoms with E-state index in [1.165, 1.54) is 18.4 Å². The van der Waals surface area contributed by atoms with Gasteiger partial charge >= 0.3 is 0 Å². The van der Waals surface area contributed by atoms with Crippen LogP contribution >= 0.6 is 0 Å². The highest BCUT2D eigenvalue weighted by atomic mass is 16.5. The van der Waals surface area contributed by atoms with Gasteiger partial charge in [-0.2, -0.15) is 0 Å². The summed E-state index contributed by atoms with van der Waals surface area (Å²) in [5.41, 5.74) is 1.37. The molecule has 0 aliphatic heterocycles. The van der Waals surface area contributed by atoms with Gasteiger partial charge in [0.15, 0.2) is 0 Å². The molecule has 0 aromatic heterocycles. The van der Waals surface area contributed by atoms with Gasteiger partial charge in [0.25, 0.3) is 0 Å². The Balaban J connectivity index is 2.29. The van der Waals surface area contributed by atoms with Gasteiger partial charge in [0, 0.05) is 6.07 Å². The van der Waals surface area contributed by atoms with Crippen LogP contribution in [0, 0.1) is 0 Å². The van der Waals surface area contributed by atoms with Crippen molar-refractivity contribution in [3.8, 4) is 11.5 Å². The maximum absolute atomic E-state index is 5.82. The number of benzene rings is 1. The molecule has 2 rings (SSSR count). The summed E-state index contributed by atoms with van der Waals surface area (Å²) < 4.78 is 11.1. The van der Waals surface area contributed by atoms with Crippen LogP contribution in [-0.4, -0.2) is 13.2 Å². The van der Waals surface area contributed by atoms with E-state index in [2.05, 4.69) is 32.9 Å². The zero-order valence-corrected chi connectivity index (χ0v) is 10.5. The molecule has 0 spiro atoms. The third-order valence-electron chi connectivity index (χ3n) is 2.81. The largest absolute Gasteiger partial charge is 0.497 e. The molecule has 16 heavy (non-hydrogen) atoms. The molecule has 0 heterocycles. The number of ether oxygens (including phenoxy) is 2. The van der Waals surface area contributed by atoms with E-state index in [-0.39, 0.29) is 5.41 Å². The van der Waals surface area contributed by atoms with E-state index in [1.807, 2.05) is 6.07 Å². The second-order valence-corrected chi connectivity index (χ2v) is 5.46. The van der Waals surface area contributed by atoms with Crippen LogP contribution in [-0.2, 0) is 5.41 Å². The topological polar surface area (TPSA) is 18.5 Å². The standard InChI is InChI=1S/C14H20O2/c1-14(2,3)10-7-12(15-4)9-13(8-10)16-11-5-6-11/h7-9,11H,5-6H2,1-4H3. The molecule has 2 heteroatoms. The first-order chi connectivity index (χ1) is 7.49. The Bertz CT molecular complexity index is 373. The molecule has 0 N–H and O–H groups in total. The fourth-order valence-corrected chi connectivity index (χ4v) is 1.57. The van der Waals surface area contributed by atoms with Gasteiger partial charge in [-0.25, -0.2) is 0 Å². The molecule has 0 unspecified atom stereocenters. The van der Waals surface area contributed by atoms with Crippen molar-refractivity contribution in [3.63, 3.8) is 0 Å². The van der Waals surface area contributed by atoms with Gasteiger partial charge in [-0.05, 0) is 36.0 Å². The Morgan fingerprint density at radius 3 is 2.19 bits per heavy atom. The lowest BCUT2D eigenvalue weighted by atomic mass is 9.87. The zero-order chi connectivity index (χ0) is 11.8. The van der Waals surface area contributed by atoms with Crippen molar-refractivity contribution in [2.24, 2.45) is 0 Å². The van der Waals surface area contributed by atoms with E-state index in [1.54, 1.807) is 7.11 Å². The van der Waals surface area contributed by atoms with Crippen LogP contribution in [0.2, 0.25) is 0 Å². The lowest BCUT2D eigenvalue weighted by molar-refractivity contribution is 0.299. The fraction of sp³-hybridized carbons (Fsp3) is 0.571. The second kappa shape index (κ2) is 4.00. The minimum absolute atomic E-state index is 0.121. The number of methoxy groups -OCH3 is 1. The Morgan fingerprint density at radius 2 is 1.69 bits per heavy atom. The van der Waals surface area contributed by atoms with E-state index < -0.39 is 0 Å². The van der Waals surface area contributed by atoms with Crippen molar-refractivity contribution in [3.05, 3.63) is 23.8 Å². The highest BCUT2D eigenvalue weighted by Gasteiger charge is 2.24. The Kier molecular flexibility index (Phi) is 2.83. The van der Waals surface area contributed by atoms with Crippen molar-refractivity contribution in [1.82, 2.24) is 0 Å². The van der Waals surface area contributed by atoms with Crippen LogP contribution in [0.4, 0.5) is 0 Å². The highest BCUT2D eigenvalue weighted by Crippen LogP contribution is 2.34. The maximum atomic E-state index is 5.82. The van der Waals surface area contributed by atoms with Crippen molar-refractivity contribution < 1.29 is 9.47 Å². The Morgan fingerprint density at radius 1 is 1.06 bits per heavy atom. The Labute approximate surface area is 97.6 Å². The zero-order valence-electron chi connectivity index (χ0n) is 10.5. The smallest absolute Gasteiger partial charge is 0.123 e. The predicted octanol–water partition coefficient (Wildman–Crippen LogP) is 3.53. The lowest BCUT2D eigenvalue weighted by Crippen LogP contribution is -2.11. The van der Waals surface area contributed by atoms with Gasteiger partial charge in [-0.1, -0.05) is 20.8 Å². The van der Waals surface area contributed by atoms with E-state index >= 15 is 0 Å². The fourth-order valence-electron chi connectivity index (χ4n) is 1.57.